The number of rotatable bonds is 6. The molecule has 0 aliphatic heterocycles. The fourth-order valence-corrected chi connectivity index (χ4v) is 3.28. The van der Waals surface area contributed by atoms with E-state index in [-0.39, 0.29) is 17.5 Å². The van der Waals surface area contributed by atoms with Crippen LogP contribution in [0.25, 0.3) is 0 Å². The van der Waals surface area contributed by atoms with Crippen molar-refractivity contribution in [2.45, 2.75) is 51.1 Å². The Morgan fingerprint density at radius 3 is 2.12 bits per heavy atom. The number of carbonyl (C=O) groups is 2. The minimum absolute atomic E-state index is 0.116. The first-order chi connectivity index (χ1) is 11.8. The first-order valence-corrected chi connectivity index (χ1v) is 9.71. The number of amides is 3. The number of carbonyl (C=O) groups excluding carboxylic acids is 2. The highest BCUT2D eigenvalue weighted by atomic mass is 32.2. The maximum absolute atomic E-state index is 12.4. The summed E-state index contributed by atoms with van der Waals surface area (Å²) in [6.45, 7) is 8.89. The number of urea groups is 1. The highest BCUT2D eigenvalue weighted by Crippen LogP contribution is 2.18. The van der Waals surface area contributed by atoms with Gasteiger partial charge in [0.1, 0.15) is 0 Å². The predicted octanol–water partition coefficient (Wildman–Crippen LogP) is 1.75. The summed E-state index contributed by atoms with van der Waals surface area (Å²) in [5, 5.41) is 7.68. The second kappa shape index (κ2) is 8.50. The number of hydrogen-bond donors (Lipinski definition) is 3. The van der Waals surface area contributed by atoms with E-state index in [1.165, 1.54) is 23.5 Å². The zero-order valence-corrected chi connectivity index (χ0v) is 16.9. The van der Waals surface area contributed by atoms with Crippen LogP contribution in [0.3, 0.4) is 0 Å². The molecule has 3 N–H and O–H groups in total. The van der Waals surface area contributed by atoms with Crippen LogP contribution in [0.2, 0.25) is 0 Å². The molecule has 0 aliphatic rings. The molecule has 146 valence electrons. The van der Waals surface area contributed by atoms with Gasteiger partial charge in [0.15, 0.2) is 0 Å². The summed E-state index contributed by atoms with van der Waals surface area (Å²) in [5.41, 5.74) is 0.130. The summed E-state index contributed by atoms with van der Waals surface area (Å²) < 4.78 is 26.1. The van der Waals surface area contributed by atoms with Gasteiger partial charge in [-0.05, 0) is 58.9 Å². The standard InChI is InChI=1S/C17H28N4O4S/c1-12(2)21(6)26(24,25)14-9-7-13(8-10-14)18-11-15(22)19-16(23)20-17(3,4)5/h7-10,12,18H,11H2,1-6H3,(H2,19,20,22,23). The topological polar surface area (TPSA) is 108 Å². The number of anilines is 1. The fourth-order valence-electron chi connectivity index (χ4n) is 1.91. The predicted molar refractivity (Wildman–Crippen MR) is 101 cm³/mol. The number of imide groups is 1. The van der Waals surface area contributed by atoms with E-state index in [4.69, 9.17) is 0 Å². The smallest absolute Gasteiger partial charge is 0.321 e. The lowest BCUT2D eigenvalue weighted by Crippen LogP contribution is -2.49. The quantitative estimate of drug-likeness (QED) is 0.693. The Bertz CT molecular complexity index is 737. The maximum Gasteiger partial charge on any atom is 0.321 e. The van der Waals surface area contributed by atoms with Gasteiger partial charge in [-0.2, -0.15) is 4.31 Å². The molecule has 8 nitrogen and oxygen atoms in total. The first kappa shape index (κ1) is 21.9. The van der Waals surface area contributed by atoms with Crippen LogP contribution in [0.5, 0.6) is 0 Å². The third-order valence-corrected chi connectivity index (χ3v) is 5.50. The van der Waals surface area contributed by atoms with E-state index in [9.17, 15) is 18.0 Å². The monoisotopic (exact) mass is 384 g/mol. The highest BCUT2D eigenvalue weighted by molar-refractivity contribution is 7.89. The zero-order chi connectivity index (χ0) is 20.1. The van der Waals surface area contributed by atoms with Crippen molar-refractivity contribution in [3.8, 4) is 0 Å². The molecule has 0 aromatic heterocycles. The van der Waals surface area contributed by atoms with Crippen LogP contribution in [-0.2, 0) is 14.8 Å². The molecule has 0 radical (unpaired) electrons. The van der Waals surface area contributed by atoms with E-state index in [0.29, 0.717) is 5.69 Å². The third-order valence-electron chi connectivity index (χ3n) is 3.45. The number of sulfonamides is 1. The fraction of sp³-hybridized carbons (Fsp3) is 0.529. The van der Waals surface area contributed by atoms with Crippen molar-refractivity contribution in [3.05, 3.63) is 24.3 Å². The summed E-state index contributed by atoms with van der Waals surface area (Å²) in [6.07, 6.45) is 0. The van der Waals surface area contributed by atoms with Gasteiger partial charge in [-0.3, -0.25) is 10.1 Å². The molecule has 9 heteroatoms. The molecule has 1 aromatic carbocycles. The van der Waals surface area contributed by atoms with Crippen LogP contribution in [-0.4, -0.2) is 49.8 Å². The number of nitrogens with one attached hydrogen (secondary N) is 3. The molecule has 0 bridgehead atoms. The summed E-state index contributed by atoms with van der Waals surface area (Å²) in [7, 11) is -2.02. The molecule has 0 saturated carbocycles. The molecule has 1 rings (SSSR count). The lowest BCUT2D eigenvalue weighted by atomic mass is 10.1. The molecular formula is C17H28N4O4S. The first-order valence-electron chi connectivity index (χ1n) is 8.27. The molecule has 0 aliphatic carbocycles. The molecule has 0 heterocycles. The van der Waals surface area contributed by atoms with Crippen LogP contribution in [0.4, 0.5) is 10.5 Å². The average Bonchev–Trinajstić information content (AvgIpc) is 2.50. The molecule has 1 aromatic rings. The van der Waals surface area contributed by atoms with E-state index in [2.05, 4.69) is 16.0 Å². The van der Waals surface area contributed by atoms with E-state index in [1.807, 2.05) is 20.8 Å². The van der Waals surface area contributed by atoms with Crippen LogP contribution in [0.15, 0.2) is 29.2 Å². The summed E-state index contributed by atoms with van der Waals surface area (Å²) >= 11 is 0. The minimum atomic E-state index is -3.55. The van der Waals surface area contributed by atoms with Crippen molar-refractivity contribution in [1.82, 2.24) is 14.9 Å². The van der Waals surface area contributed by atoms with Gasteiger partial charge < -0.3 is 10.6 Å². The van der Waals surface area contributed by atoms with Crippen molar-refractivity contribution in [3.63, 3.8) is 0 Å². The van der Waals surface area contributed by atoms with Gasteiger partial charge in [-0.25, -0.2) is 13.2 Å². The summed E-state index contributed by atoms with van der Waals surface area (Å²) in [5.74, 6) is -0.497. The van der Waals surface area contributed by atoms with Gasteiger partial charge in [0.2, 0.25) is 15.9 Å². The number of benzene rings is 1. The molecule has 0 atom stereocenters. The van der Waals surface area contributed by atoms with Crippen LogP contribution >= 0.6 is 0 Å². The van der Waals surface area contributed by atoms with Gasteiger partial charge in [0, 0.05) is 24.3 Å². The van der Waals surface area contributed by atoms with E-state index < -0.39 is 27.5 Å². The SMILES string of the molecule is CC(C)N(C)S(=O)(=O)c1ccc(NCC(=O)NC(=O)NC(C)(C)C)cc1. The summed E-state index contributed by atoms with van der Waals surface area (Å²) in [6, 6.07) is 5.37. The molecular weight excluding hydrogens is 356 g/mol. The van der Waals surface area contributed by atoms with Gasteiger partial charge in [0.05, 0.1) is 11.4 Å². The molecule has 0 spiro atoms. The third kappa shape index (κ3) is 6.64. The summed E-state index contributed by atoms with van der Waals surface area (Å²) in [4.78, 5) is 23.6. The van der Waals surface area contributed by atoms with Crippen molar-refractivity contribution >= 4 is 27.6 Å². The van der Waals surface area contributed by atoms with Crippen molar-refractivity contribution in [2.75, 3.05) is 18.9 Å². The molecule has 0 unspecified atom stereocenters. The Morgan fingerprint density at radius 2 is 1.65 bits per heavy atom. The highest BCUT2D eigenvalue weighted by Gasteiger charge is 2.22. The van der Waals surface area contributed by atoms with E-state index in [1.54, 1.807) is 26.0 Å². The minimum Gasteiger partial charge on any atom is -0.376 e. The van der Waals surface area contributed by atoms with Crippen LogP contribution < -0.4 is 16.0 Å². The number of hydrogen-bond acceptors (Lipinski definition) is 5. The second-order valence-electron chi connectivity index (χ2n) is 7.25. The normalized spacial score (nSPS) is 12.2. The van der Waals surface area contributed by atoms with Crippen LogP contribution in [0.1, 0.15) is 34.6 Å². The van der Waals surface area contributed by atoms with E-state index in [0.717, 1.165) is 0 Å². The molecule has 0 fully saturated rings. The Morgan fingerprint density at radius 1 is 1.12 bits per heavy atom. The average molecular weight is 385 g/mol. The molecule has 3 amide bonds. The van der Waals surface area contributed by atoms with Gasteiger partial charge >= 0.3 is 6.03 Å². The Kier molecular flexibility index (Phi) is 7.16. The van der Waals surface area contributed by atoms with Crippen molar-refractivity contribution < 1.29 is 18.0 Å². The lowest BCUT2D eigenvalue weighted by molar-refractivity contribution is -0.118. The van der Waals surface area contributed by atoms with Crippen LogP contribution in [0, 0.1) is 0 Å². The Labute approximate surface area is 155 Å². The number of nitrogens with zero attached hydrogens (tertiary/aromatic N) is 1. The molecule has 0 saturated heterocycles. The Balaban J connectivity index is 2.63. The second-order valence-corrected chi connectivity index (χ2v) is 9.24. The molecule has 26 heavy (non-hydrogen) atoms. The zero-order valence-electron chi connectivity index (χ0n) is 16.1. The van der Waals surface area contributed by atoms with Gasteiger partial charge in [-0.1, -0.05) is 0 Å². The largest absolute Gasteiger partial charge is 0.376 e. The van der Waals surface area contributed by atoms with Crippen molar-refractivity contribution in [2.24, 2.45) is 0 Å². The van der Waals surface area contributed by atoms with Gasteiger partial charge in [-0.15, -0.1) is 0 Å². The van der Waals surface area contributed by atoms with Crippen molar-refractivity contribution in [1.29, 1.82) is 0 Å². The maximum atomic E-state index is 12.4. The van der Waals surface area contributed by atoms with Gasteiger partial charge in [0.25, 0.3) is 0 Å². The van der Waals surface area contributed by atoms with E-state index >= 15 is 0 Å². The Hall–Kier alpha value is -2.13. The lowest BCUT2D eigenvalue weighted by Gasteiger charge is -2.21.